The van der Waals surface area contributed by atoms with Gasteiger partial charge in [0, 0.05) is 0 Å². The molecule has 4 heteroatoms. The Morgan fingerprint density at radius 1 is 1.53 bits per heavy atom. The Morgan fingerprint density at radius 3 is 2.71 bits per heavy atom. The van der Waals surface area contributed by atoms with Gasteiger partial charge in [-0.15, -0.1) is 0 Å². The minimum atomic E-state index is -0.392. The average Bonchev–Trinajstić information content (AvgIpc) is 2.26. The van der Waals surface area contributed by atoms with Crippen LogP contribution < -0.4 is 5.73 Å². The van der Waals surface area contributed by atoms with E-state index in [0.717, 1.165) is 11.1 Å². The Bertz CT molecular complexity index is 438. The van der Waals surface area contributed by atoms with Crippen molar-refractivity contribution in [1.82, 2.24) is 0 Å². The van der Waals surface area contributed by atoms with Crippen molar-refractivity contribution in [1.29, 1.82) is 0 Å². The van der Waals surface area contributed by atoms with Gasteiger partial charge >= 0.3 is 5.97 Å². The first kappa shape index (κ1) is 12.1. The first-order valence-electron chi connectivity index (χ1n) is 5.72. The van der Waals surface area contributed by atoms with E-state index in [1.54, 1.807) is 13.0 Å². The minimum Gasteiger partial charge on any atom is -0.462 e. The predicted octanol–water partition coefficient (Wildman–Crippen LogP) is 1.36. The van der Waals surface area contributed by atoms with Crippen LogP contribution in [0.4, 0.5) is 0 Å². The van der Waals surface area contributed by atoms with Gasteiger partial charge in [0.05, 0.1) is 30.9 Å². The zero-order valence-electron chi connectivity index (χ0n) is 10.2. The van der Waals surface area contributed by atoms with Crippen LogP contribution in [0.3, 0.4) is 0 Å². The van der Waals surface area contributed by atoms with Crippen LogP contribution in [0.1, 0.15) is 28.4 Å². The molecule has 0 radical (unpaired) electrons. The van der Waals surface area contributed by atoms with Crippen molar-refractivity contribution < 1.29 is 14.3 Å². The molecule has 0 bridgehead atoms. The molecule has 2 rings (SSSR count). The number of hydrogen-bond donors (Lipinski definition) is 1. The lowest BCUT2D eigenvalue weighted by Gasteiger charge is -2.39. The summed E-state index contributed by atoms with van der Waals surface area (Å²) in [5.41, 5.74) is 8.38. The van der Waals surface area contributed by atoms with Gasteiger partial charge < -0.3 is 15.2 Å². The molecule has 1 aliphatic heterocycles. The second-order valence-corrected chi connectivity index (χ2v) is 4.40. The van der Waals surface area contributed by atoms with Gasteiger partial charge in [-0.2, -0.15) is 0 Å². The van der Waals surface area contributed by atoms with E-state index in [1.807, 2.05) is 19.1 Å². The van der Waals surface area contributed by atoms with E-state index >= 15 is 0 Å². The highest BCUT2D eigenvalue weighted by Crippen LogP contribution is 2.29. The Labute approximate surface area is 101 Å². The quantitative estimate of drug-likeness (QED) is 0.803. The first-order valence-corrected chi connectivity index (χ1v) is 5.72. The third-order valence-corrected chi connectivity index (χ3v) is 2.99. The van der Waals surface area contributed by atoms with Gasteiger partial charge in [0.25, 0.3) is 0 Å². The summed E-state index contributed by atoms with van der Waals surface area (Å²) in [6.45, 7) is 5.19. The summed E-state index contributed by atoms with van der Waals surface area (Å²) in [5.74, 6) is -0.293. The van der Waals surface area contributed by atoms with Gasteiger partial charge in [-0.05, 0) is 37.1 Å². The van der Waals surface area contributed by atoms with Crippen LogP contribution in [0.2, 0.25) is 0 Å². The fraction of sp³-hybridized carbons (Fsp3) is 0.462. The molecule has 92 valence electrons. The average molecular weight is 235 g/mol. The Kier molecular flexibility index (Phi) is 3.17. The maximum absolute atomic E-state index is 11.6. The van der Waals surface area contributed by atoms with Gasteiger partial charge in [0.2, 0.25) is 0 Å². The highest BCUT2D eigenvalue weighted by Gasteiger charge is 2.37. The molecule has 0 spiro atoms. The Morgan fingerprint density at radius 2 is 2.24 bits per heavy atom. The smallest absolute Gasteiger partial charge is 0.338 e. The molecule has 2 N–H and O–H groups in total. The molecule has 4 nitrogen and oxygen atoms in total. The van der Waals surface area contributed by atoms with E-state index in [4.69, 9.17) is 15.2 Å². The lowest BCUT2D eigenvalue weighted by atomic mass is 9.85. The highest BCUT2D eigenvalue weighted by molar-refractivity contribution is 5.89. The van der Waals surface area contributed by atoms with Gasteiger partial charge in [-0.25, -0.2) is 4.79 Å². The third kappa shape index (κ3) is 2.18. The molecule has 1 aromatic rings. The summed E-state index contributed by atoms with van der Waals surface area (Å²) < 4.78 is 10.1. The molecule has 0 unspecified atom stereocenters. The van der Waals surface area contributed by atoms with E-state index in [1.165, 1.54) is 0 Å². The second kappa shape index (κ2) is 4.47. The van der Waals surface area contributed by atoms with Gasteiger partial charge in [-0.3, -0.25) is 0 Å². The number of hydrogen-bond acceptors (Lipinski definition) is 4. The van der Waals surface area contributed by atoms with Crippen molar-refractivity contribution in [3.63, 3.8) is 0 Å². The van der Waals surface area contributed by atoms with Crippen molar-refractivity contribution in [2.75, 3.05) is 19.8 Å². The van der Waals surface area contributed by atoms with E-state index in [0.29, 0.717) is 25.4 Å². The van der Waals surface area contributed by atoms with E-state index in [2.05, 4.69) is 0 Å². The number of ether oxygens (including phenoxy) is 2. The van der Waals surface area contributed by atoms with Crippen LogP contribution in [0, 0.1) is 6.92 Å². The summed E-state index contributed by atoms with van der Waals surface area (Å²) >= 11 is 0. The lowest BCUT2D eigenvalue weighted by molar-refractivity contribution is -0.0572. The van der Waals surface area contributed by atoms with Crippen molar-refractivity contribution in [2.24, 2.45) is 5.73 Å². The van der Waals surface area contributed by atoms with Crippen LogP contribution in [0.15, 0.2) is 18.2 Å². The van der Waals surface area contributed by atoms with E-state index in [9.17, 15) is 4.79 Å². The summed E-state index contributed by atoms with van der Waals surface area (Å²) in [7, 11) is 0. The van der Waals surface area contributed by atoms with Gasteiger partial charge in [-0.1, -0.05) is 6.07 Å². The standard InChI is InChI=1S/C13H17NO3/c1-3-17-12(15)10-4-5-11(9(2)6-10)13(14)7-16-8-13/h4-6H,3,7-8,14H2,1-2H3. The molecule has 0 aliphatic carbocycles. The lowest BCUT2D eigenvalue weighted by Crippen LogP contribution is -2.54. The fourth-order valence-electron chi connectivity index (χ4n) is 2.04. The molecule has 1 aromatic carbocycles. The van der Waals surface area contributed by atoms with Crippen molar-refractivity contribution in [3.8, 4) is 0 Å². The van der Waals surface area contributed by atoms with Crippen LogP contribution in [0.25, 0.3) is 0 Å². The Balaban J connectivity index is 2.25. The molecule has 1 aliphatic rings. The number of carbonyl (C=O) groups excluding carboxylic acids is 1. The van der Waals surface area contributed by atoms with Crippen molar-refractivity contribution in [3.05, 3.63) is 34.9 Å². The monoisotopic (exact) mass is 235 g/mol. The van der Waals surface area contributed by atoms with E-state index in [-0.39, 0.29) is 5.97 Å². The number of nitrogens with two attached hydrogens (primary N) is 1. The topological polar surface area (TPSA) is 61.5 Å². The predicted molar refractivity (Wildman–Crippen MR) is 63.8 cm³/mol. The largest absolute Gasteiger partial charge is 0.462 e. The molecule has 1 saturated heterocycles. The molecule has 1 fully saturated rings. The summed E-state index contributed by atoms with van der Waals surface area (Å²) in [5, 5.41) is 0. The number of aryl methyl sites for hydroxylation is 1. The minimum absolute atomic E-state index is 0.293. The fourth-order valence-corrected chi connectivity index (χ4v) is 2.04. The maximum atomic E-state index is 11.6. The third-order valence-electron chi connectivity index (χ3n) is 2.99. The number of carbonyl (C=O) groups is 1. The molecular formula is C13H17NO3. The number of benzene rings is 1. The number of rotatable bonds is 3. The molecule has 0 atom stereocenters. The van der Waals surface area contributed by atoms with Crippen LogP contribution in [-0.4, -0.2) is 25.8 Å². The van der Waals surface area contributed by atoms with Gasteiger partial charge in [0.1, 0.15) is 0 Å². The molecule has 1 heterocycles. The normalized spacial score (nSPS) is 17.4. The summed E-state index contributed by atoms with van der Waals surface area (Å²) in [6, 6.07) is 5.47. The van der Waals surface area contributed by atoms with Crippen LogP contribution >= 0.6 is 0 Å². The highest BCUT2D eigenvalue weighted by atomic mass is 16.5. The van der Waals surface area contributed by atoms with Crippen LogP contribution in [0.5, 0.6) is 0 Å². The van der Waals surface area contributed by atoms with Crippen molar-refractivity contribution >= 4 is 5.97 Å². The maximum Gasteiger partial charge on any atom is 0.338 e. The number of esters is 1. The molecule has 0 saturated carbocycles. The summed E-state index contributed by atoms with van der Waals surface area (Å²) in [4.78, 5) is 11.6. The molecular weight excluding hydrogens is 218 g/mol. The molecule has 0 amide bonds. The Hall–Kier alpha value is -1.39. The van der Waals surface area contributed by atoms with E-state index < -0.39 is 5.54 Å². The summed E-state index contributed by atoms with van der Waals surface area (Å²) in [6.07, 6.45) is 0. The first-order chi connectivity index (χ1) is 8.07. The zero-order valence-corrected chi connectivity index (χ0v) is 10.2. The molecule has 17 heavy (non-hydrogen) atoms. The zero-order chi connectivity index (χ0) is 12.5. The molecule has 0 aromatic heterocycles. The van der Waals surface area contributed by atoms with Crippen LogP contribution in [-0.2, 0) is 15.0 Å². The van der Waals surface area contributed by atoms with Gasteiger partial charge in [0.15, 0.2) is 0 Å². The second-order valence-electron chi connectivity index (χ2n) is 4.40. The van der Waals surface area contributed by atoms with Crippen molar-refractivity contribution in [2.45, 2.75) is 19.4 Å². The SMILES string of the molecule is CCOC(=O)c1ccc(C2(N)COC2)c(C)c1.